The molecule has 4 amide bonds. The summed E-state index contributed by atoms with van der Waals surface area (Å²) in [4.78, 5) is 29.7. The number of hydrazine groups is 2. The van der Waals surface area contributed by atoms with Crippen LogP contribution in [0, 0.1) is 6.92 Å². The minimum atomic E-state index is -1.03. The smallest absolute Gasteiger partial charge is 0.336 e. The van der Waals surface area contributed by atoms with E-state index < -0.39 is 12.1 Å². The number of nitrogens with zero attached hydrogens (tertiary/aromatic N) is 4. The quantitative estimate of drug-likeness (QED) is 0.265. The van der Waals surface area contributed by atoms with Crippen LogP contribution in [0.3, 0.4) is 0 Å². The standard InChI is InChI=1S/C8H13ClN9O2/c1-2-14-4-3(9)5(17(12)6(10)19)16-8(15-4)18(13)7(11)20/h1-2,12-13H2,(H2,10,19)(H2,11,20)(H,14,15,16). The number of carbonyl (C=O) groups is 2. The summed E-state index contributed by atoms with van der Waals surface area (Å²) in [7, 11) is 0. The molecule has 1 radical (unpaired) electrons. The molecule has 1 aromatic rings. The van der Waals surface area contributed by atoms with Crippen LogP contribution in [0.25, 0.3) is 0 Å². The molecule has 0 aliphatic heterocycles. The zero-order valence-electron chi connectivity index (χ0n) is 10.2. The number of amides is 4. The first-order valence-corrected chi connectivity index (χ1v) is 5.46. The molecule has 1 aromatic heterocycles. The van der Waals surface area contributed by atoms with Gasteiger partial charge in [0.1, 0.15) is 5.02 Å². The number of rotatable bonds is 4. The van der Waals surface area contributed by atoms with Crippen LogP contribution in [0.2, 0.25) is 5.02 Å². The summed E-state index contributed by atoms with van der Waals surface area (Å²) in [6, 6.07) is -2.05. The van der Waals surface area contributed by atoms with Crippen molar-refractivity contribution in [3.63, 3.8) is 0 Å². The molecule has 0 aliphatic rings. The largest absolute Gasteiger partial charge is 0.369 e. The van der Waals surface area contributed by atoms with Crippen LogP contribution in [-0.2, 0) is 0 Å². The highest BCUT2D eigenvalue weighted by atomic mass is 35.5. The van der Waals surface area contributed by atoms with Crippen LogP contribution in [0.4, 0.5) is 27.2 Å². The maximum atomic E-state index is 11.1. The van der Waals surface area contributed by atoms with Gasteiger partial charge in [0.25, 0.3) is 5.95 Å². The van der Waals surface area contributed by atoms with Gasteiger partial charge in [-0.2, -0.15) is 15.0 Å². The predicted molar refractivity (Wildman–Crippen MR) is 73.4 cm³/mol. The Hall–Kier alpha value is -2.37. The Balaban J connectivity index is 3.42. The fraction of sp³-hybridized carbons (Fsp3) is 0.125. The Kier molecular flexibility index (Phi) is 4.85. The molecule has 0 aliphatic carbocycles. The highest BCUT2D eigenvalue weighted by Gasteiger charge is 2.22. The van der Waals surface area contributed by atoms with E-state index in [1.165, 1.54) is 0 Å². The number of hydrogen-bond donors (Lipinski definition) is 5. The molecular formula is C8H13ClN9O2. The van der Waals surface area contributed by atoms with Gasteiger partial charge in [0.15, 0.2) is 11.6 Å². The van der Waals surface area contributed by atoms with Gasteiger partial charge in [-0.25, -0.2) is 26.3 Å². The third-order valence-electron chi connectivity index (χ3n) is 2.03. The lowest BCUT2D eigenvalue weighted by molar-refractivity contribution is 0.253. The molecule has 1 heterocycles. The van der Waals surface area contributed by atoms with Gasteiger partial charge in [-0.3, -0.25) is 0 Å². The summed E-state index contributed by atoms with van der Waals surface area (Å²) in [6.45, 7) is 3.74. The summed E-state index contributed by atoms with van der Waals surface area (Å²) in [6.07, 6.45) is 0. The SMILES string of the molecule is [CH2]CNc1nc(N(N)C(N)=O)nc(N(N)C(N)=O)c1Cl. The molecule has 0 saturated heterocycles. The van der Waals surface area contributed by atoms with Gasteiger partial charge in [-0.1, -0.05) is 11.6 Å². The van der Waals surface area contributed by atoms with Crippen molar-refractivity contribution < 1.29 is 9.59 Å². The number of primary amides is 2. The summed E-state index contributed by atoms with van der Waals surface area (Å²) in [5.74, 6) is 10.3. The van der Waals surface area contributed by atoms with Crippen molar-refractivity contribution in [2.24, 2.45) is 23.2 Å². The van der Waals surface area contributed by atoms with Gasteiger partial charge in [0, 0.05) is 6.54 Å². The van der Waals surface area contributed by atoms with E-state index in [1.807, 2.05) is 0 Å². The lowest BCUT2D eigenvalue weighted by Crippen LogP contribution is -2.45. The first-order valence-electron chi connectivity index (χ1n) is 5.08. The molecule has 20 heavy (non-hydrogen) atoms. The highest BCUT2D eigenvalue weighted by molar-refractivity contribution is 6.35. The van der Waals surface area contributed by atoms with Crippen molar-refractivity contribution in [2.75, 3.05) is 21.9 Å². The molecule has 0 spiro atoms. The predicted octanol–water partition coefficient (Wildman–Crippen LogP) is -1.11. The van der Waals surface area contributed by atoms with E-state index in [9.17, 15) is 9.59 Å². The second-order valence-corrected chi connectivity index (χ2v) is 3.73. The van der Waals surface area contributed by atoms with Crippen molar-refractivity contribution >= 4 is 41.2 Å². The van der Waals surface area contributed by atoms with Crippen molar-refractivity contribution in [3.8, 4) is 0 Å². The molecule has 0 saturated carbocycles. The molecule has 1 rings (SSSR count). The van der Waals surface area contributed by atoms with Gasteiger partial charge >= 0.3 is 12.1 Å². The third kappa shape index (κ3) is 3.14. The zero-order valence-corrected chi connectivity index (χ0v) is 11.0. The number of urea groups is 2. The normalized spacial score (nSPS) is 10.0. The van der Waals surface area contributed by atoms with E-state index in [4.69, 9.17) is 34.8 Å². The maximum absolute atomic E-state index is 11.1. The zero-order chi connectivity index (χ0) is 15.4. The molecular weight excluding hydrogens is 290 g/mol. The van der Waals surface area contributed by atoms with Crippen LogP contribution in [0.5, 0.6) is 0 Å². The maximum Gasteiger partial charge on any atom is 0.336 e. The van der Waals surface area contributed by atoms with E-state index in [-0.39, 0.29) is 29.2 Å². The highest BCUT2D eigenvalue weighted by Crippen LogP contribution is 2.30. The minimum Gasteiger partial charge on any atom is -0.369 e. The average Bonchev–Trinajstić information content (AvgIpc) is 2.39. The van der Waals surface area contributed by atoms with Gasteiger partial charge in [0.05, 0.1) is 0 Å². The van der Waals surface area contributed by atoms with Gasteiger partial charge in [-0.05, 0) is 6.92 Å². The number of anilines is 3. The number of aromatic nitrogens is 2. The molecule has 0 unspecified atom stereocenters. The van der Waals surface area contributed by atoms with Crippen molar-refractivity contribution in [3.05, 3.63) is 11.9 Å². The third-order valence-corrected chi connectivity index (χ3v) is 2.38. The second-order valence-electron chi connectivity index (χ2n) is 3.35. The molecule has 109 valence electrons. The fourth-order valence-corrected chi connectivity index (χ4v) is 1.37. The van der Waals surface area contributed by atoms with Crippen LogP contribution < -0.4 is 38.5 Å². The van der Waals surface area contributed by atoms with E-state index in [0.717, 1.165) is 0 Å². The van der Waals surface area contributed by atoms with Gasteiger partial charge in [-0.15, -0.1) is 0 Å². The Labute approximate surface area is 118 Å². The Morgan fingerprint density at radius 3 is 2.20 bits per heavy atom. The van der Waals surface area contributed by atoms with Crippen LogP contribution in [-0.4, -0.2) is 28.6 Å². The van der Waals surface area contributed by atoms with Gasteiger partial charge < -0.3 is 16.8 Å². The Morgan fingerprint density at radius 2 is 1.75 bits per heavy atom. The van der Waals surface area contributed by atoms with Crippen LogP contribution >= 0.6 is 11.6 Å². The second kappa shape index (κ2) is 6.18. The first-order chi connectivity index (χ1) is 9.29. The van der Waals surface area contributed by atoms with Crippen LogP contribution in [0.15, 0.2) is 0 Å². The molecule has 0 fully saturated rings. The van der Waals surface area contributed by atoms with E-state index >= 15 is 0 Å². The van der Waals surface area contributed by atoms with Crippen molar-refractivity contribution in [2.45, 2.75) is 0 Å². The topological polar surface area (TPSA) is 183 Å². The summed E-state index contributed by atoms with van der Waals surface area (Å²) < 4.78 is 0. The van der Waals surface area contributed by atoms with E-state index in [1.54, 1.807) is 0 Å². The summed E-state index contributed by atoms with van der Waals surface area (Å²) >= 11 is 5.96. The molecule has 11 nitrogen and oxygen atoms in total. The van der Waals surface area contributed by atoms with Crippen molar-refractivity contribution in [1.29, 1.82) is 0 Å². The Bertz CT molecular complexity index is 537. The molecule has 9 N–H and O–H groups in total. The first kappa shape index (κ1) is 15.7. The lowest BCUT2D eigenvalue weighted by Gasteiger charge is -2.19. The number of nitrogens with two attached hydrogens (primary N) is 4. The van der Waals surface area contributed by atoms with Gasteiger partial charge in [0.2, 0.25) is 0 Å². The minimum absolute atomic E-state index is 0.0510. The molecule has 0 atom stereocenters. The average molecular weight is 303 g/mol. The number of carbonyl (C=O) groups excluding carboxylic acids is 2. The molecule has 0 aromatic carbocycles. The fourth-order valence-electron chi connectivity index (χ4n) is 1.13. The lowest BCUT2D eigenvalue weighted by atomic mass is 10.5. The summed E-state index contributed by atoms with van der Waals surface area (Å²) in [5, 5.41) is 3.50. The van der Waals surface area contributed by atoms with Crippen molar-refractivity contribution in [1.82, 2.24) is 9.97 Å². The number of halogens is 1. The molecule has 0 bridgehead atoms. The number of nitrogens with one attached hydrogen (secondary N) is 1. The monoisotopic (exact) mass is 302 g/mol. The van der Waals surface area contributed by atoms with Crippen LogP contribution in [0.1, 0.15) is 0 Å². The molecule has 12 heteroatoms. The number of hydrogen-bond acceptors (Lipinski definition) is 7. The van der Waals surface area contributed by atoms with E-state index in [2.05, 4.69) is 22.2 Å². The van der Waals surface area contributed by atoms with E-state index in [0.29, 0.717) is 10.0 Å². The summed E-state index contributed by atoms with van der Waals surface area (Å²) in [5.41, 5.74) is 10.0. The Morgan fingerprint density at radius 1 is 1.20 bits per heavy atom.